The number of aryl methyl sites for hydroxylation is 1. The number of furan rings is 1. The van der Waals surface area contributed by atoms with Crippen LogP contribution in [0.25, 0.3) is 11.0 Å². The van der Waals surface area contributed by atoms with Gasteiger partial charge in [-0.15, -0.1) is 0 Å². The third-order valence-electron chi connectivity index (χ3n) is 3.70. The van der Waals surface area contributed by atoms with Gasteiger partial charge in [-0.2, -0.15) is 0 Å². The van der Waals surface area contributed by atoms with Crippen molar-refractivity contribution in [2.45, 2.75) is 52.6 Å². The second kappa shape index (κ2) is 7.62. The molecule has 0 fully saturated rings. The molecule has 1 heterocycles. The zero-order valence-electron chi connectivity index (χ0n) is 13.7. The highest BCUT2D eigenvalue weighted by atomic mass is 16.5. The van der Waals surface area contributed by atoms with Crippen LogP contribution in [0.4, 0.5) is 0 Å². The Morgan fingerprint density at radius 2 is 2.05 bits per heavy atom. The topological polar surface area (TPSA) is 34.4 Å². The number of rotatable bonds is 8. The van der Waals surface area contributed by atoms with Crippen molar-refractivity contribution >= 4 is 11.0 Å². The first-order valence-corrected chi connectivity index (χ1v) is 7.91. The van der Waals surface area contributed by atoms with Crippen LogP contribution in [0, 0.1) is 0 Å². The molecule has 0 aliphatic rings. The fourth-order valence-corrected chi connectivity index (χ4v) is 2.59. The SMILES string of the molecule is CCCc1c(CNC(C)C)oc2ccc(CCOC)cc12. The third kappa shape index (κ3) is 4.08. The quantitative estimate of drug-likeness (QED) is 0.795. The van der Waals surface area contributed by atoms with Crippen molar-refractivity contribution in [1.82, 2.24) is 5.32 Å². The van der Waals surface area contributed by atoms with Gasteiger partial charge < -0.3 is 14.5 Å². The molecule has 0 bridgehead atoms. The van der Waals surface area contributed by atoms with E-state index >= 15 is 0 Å². The molecule has 3 heteroatoms. The summed E-state index contributed by atoms with van der Waals surface area (Å²) in [5.74, 6) is 1.09. The van der Waals surface area contributed by atoms with Crippen LogP contribution < -0.4 is 5.32 Å². The Kier molecular flexibility index (Phi) is 5.83. The van der Waals surface area contributed by atoms with E-state index in [9.17, 15) is 0 Å². The lowest BCUT2D eigenvalue weighted by Crippen LogP contribution is -2.22. The molecule has 2 aromatic rings. The molecule has 0 saturated heterocycles. The molecule has 0 radical (unpaired) electrons. The van der Waals surface area contributed by atoms with Gasteiger partial charge in [-0.1, -0.05) is 33.3 Å². The van der Waals surface area contributed by atoms with Gasteiger partial charge in [0.15, 0.2) is 0 Å². The molecule has 1 N–H and O–H groups in total. The zero-order valence-corrected chi connectivity index (χ0v) is 13.7. The maximum absolute atomic E-state index is 6.07. The van der Waals surface area contributed by atoms with Gasteiger partial charge in [0.05, 0.1) is 13.2 Å². The maximum Gasteiger partial charge on any atom is 0.134 e. The first-order chi connectivity index (χ1) is 10.2. The minimum atomic E-state index is 0.463. The van der Waals surface area contributed by atoms with Gasteiger partial charge in [0.1, 0.15) is 11.3 Å². The fraction of sp³-hybridized carbons (Fsp3) is 0.556. The Hall–Kier alpha value is -1.32. The molecule has 0 aliphatic heterocycles. The van der Waals surface area contributed by atoms with E-state index in [1.54, 1.807) is 7.11 Å². The predicted molar refractivity (Wildman–Crippen MR) is 87.8 cm³/mol. The van der Waals surface area contributed by atoms with Gasteiger partial charge >= 0.3 is 0 Å². The monoisotopic (exact) mass is 289 g/mol. The number of benzene rings is 1. The van der Waals surface area contributed by atoms with Crippen molar-refractivity contribution < 1.29 is 9.15 Å². The van der Waals surface area contributed by atoms with Crippen molar-refractivity contribution in [3.63, 3.8) is 0 Å². The minimum Gasteiger partial charge on any atom is -0.459 e. The molecule has 116 valence electrons. The van der Waals surface area contributed by atoms with E-state index in [1.807, 2.05) is 0 Å². The Bertz CT molecular complexity index is 572. The molecule has 2 rings (SSSR count). The Balaban J connectivity index is 2.33. The summed E-state index contributed by atoms with van der Waals surface area (Å²) in [6.45, 7) is 8.09. The van der Waals surface area contributed by atoms with Crippen LogP contribution in [0.5, 0.6) is 0 Å². The van der Waals surface area contributed by atoms with Crippen molar-refractivity contribution in [1.29, 1.82) is 0 Å². The Morgan fingerprint density at radius 1 is 1.24 bits per heavy atom. The number of fused-ring (bicyclic) bond motifs is 1. The van der Waals surface area contributed by atoms with E-state index in [0.29, 0.717) is 6.04 Å². The summed E-state index contributed by atoms with van der Waals surface area (Å²) in [5.41, 5.74) is 3.67. The summed E-state index contributed by atoms with van der Waals surface area (Å²) in [7, 11) is 1.74. The summed E-state index contributed by atoms with van der Waals surface area (Å²) in [4.78, 5) is 0. The highest BCUT2D eigenvalue weighted by Gasteiger charge is 2.14. The van der Waals surface area contributed by atoms with Gasteiger partial charge in [-0.25, -0.2) is 0 Å². The maximum atomic E-state index is 6.07. The minimum absolute atomic E-state index is 0.463. The van der Waals surface area contributed by atoms with Crippen molar-refractivity contribution in [3.8, 4) is 0 Å². The molecular weight excluding hydrogens is 262 g/mol. The summed E-state index contributed by atoms with van der Waals surface area (Å²) in [5, 5.41) is 4.73. The van der Waals surface area contributed by atoms with Gasteiger partial charge in [-0.05, 0) is 30.5 Å². The highest BCUT2D eigenvalue weighted by Crippen LogP contribution is 2.28. The molecule has 3 nitrogen and oxygen atoms in total. The van der Waals surface area contributed by atoms with E-state index in [0.717, 1.165) is 43.8 Å². The van der Waals surface area contributed by atoms with Crippen LogP contribution in [-0.4, -0.2) is 19.8 Å². The average Bonchev–Trinajstić information content (AvgIpc) is 2.81. The molecule has 21 heavy (non-hydrogen) atoms. The van der Waals surface area contributed by atoms with Crippen LogP contribution in [0.2, 0.25) is 0 Å². The van der Waals surface area contributed by atoms with Gasteiger partial charge in [0, 0.05) is 24.1 Å². The average molecular weight is 289 g/mol. The lowest BCUT2D eigenvalue weighted by molar-refractivity contribution is 0.202. The molecule has 0 spiro atoms. The van der Waals surface area contributed by atoms with Crippen molar-refractivity contribution in [3.05, 3.63) is 35.1 Å². The van der Waals surface area contributed by atoms with E-state index in [-0.39, 0.29) is 0 Å². The second-order valence-corrected chi connectivity index (χ2v) is 5.86. The zero-order chi connectivity index (χ0) is 15.2. The van der Waals surface area contributed by atoms with Crippen molar-refractivity contribution in [2.24, 2.45) is 0 Å². The summed E-state index contributed by atoms with van der Waals surface area (Å²) in [6, 6.07) is 6.96. The first kappa shape index (κ1) is 16.1. The number of methoxy groups -OCH3 is 1. The molecule has 0 atom stereocenters. The molecular formula is C18H27NO2. The van der Waals surface area contributed by atoms with Crippen molar-refractivity contribution in [2.75, 3.05) is 13.7 Å². The highest BCUT2D eigenvalue weighted by molar-refractivity contribution is 5.83. The van der Waals surface area contributed by atoms with Gasteiger partial charge in [0.25, 0.3) is 0 Å². The number of ether oxygens (including phenoxy) is 1. The smallest absolute Gasteiger partial charge is 0.134 e. The molecule has 1 aromatic carbocycles. The van der Waals surface area contributed by atoms with Crippen LogP contribution in [0.3, 0.4) is 0 Å². The first-order valence-electron chi connectivity index (χ1n) is 7.91. The Labute approximate surface area is 127 Å². The second-order valence-electron chi connectivity index (χ2n) is 5.86. The molecule has 0 amide bonds. The third-order valence-corrected chi connectivity index (χ3v) is 3.70. The van der Waals surface area contributed by atoms with Crippen LogP contribution in [0.1, 0.15) is 44.1 Å². The standard InChI is InChI=1S/C18H27NO2/c1-5-6-15-16-11-14(9-10-20-4)7-8-17(16)21-18(15)12-19-13(2)3/h7-8,11,13,19H,5-6,9-10,12H2,1-4H3. The molecule has 0 unspecified atom stereocenters. The summed E-state index contributed by atoms with van der Waals surface area (Å²) < 4.78 is 11.2. The molecule has 0 saturated carbocycles. The largest absolute Gasteiger partial charge is 0.459 e. The van der Waals surface area contributed by atoms with Crippen LogP contribution >= 0.6 is 0 Å². The number of nitrogens with one attached hydrogen (secondary N) is 1. The molecule has 1 aromatic heterocycles. The van der Waals surface area contributed by atoms with Gasteiger partial charge in [0.2, 0.25) is 0 Å². The van der Waals surface area contributed by atoms with E-state index in [4.69, 9.17) is 9.15 Å². The Morgan fingerprint density at radius 3 is 2.71 bits per heavy atom. The van der Waals surface area contributed by atoms with E-state index < -0.39 is 0 Å². The summed E-state index contributed by atoms with van der Waals surface area (Å²) >= 11 is 0. The lowest BCUT2D eigenvalue weighted by Gasteiger charge is -2.07. The predicted octanol–water partition coefficient (Wildman–Crippen LogP) is 4.07. The normalized spacial score (nSPS) is 11.7. The molecule has 0 aliphatic carbocycles. The van der Waals surface area contributed by atoms with E-state index in [2.05, 4.69) is 44.3 Å². The van der Waals surface area contributed by atoms with Crippen LogP contribution in [0.15, 0.2) is 22.6 Å². The summed E-state index contributed by atoms with van der Waals surface area (Å²) in [6.07, 6.45) is 3.14. The number of hydrogen-bond acceptors (Lipinski definition) is 3. The fourth-order valence-electron chi connectivity index (χ4n) is 2.59. The number of hydrogen-bond donors (Lipinski definition) is 1. The van der Waals surface area contributed by atoms with Crippen LogP contribution in [-0.2, 0) is 24.1 Å². The van der Waals surface area contributed by atoms with E-state index in [1.165, 1.54) is 16.5 Å². The lowest BCUT2D eigenvalue weighted by atomic mass is 10.0. The van der Waals surface area contributed by atoms with Gasteiger partial charge in [-0.3, -0.25) is 0 Å².